The number of carbonyl (C=O) groups excluding carboxylic acids is 2. The van der Waals surface area contributed by atoms with Crippen molar-refractivity contribution in [3.05, 3.63) is 71.8 Å². The van der Waals surface area contributed by atoms with E-state index in [1.54, 1.807) is 35.8 Å². The first-order valence-electron chi connectivity index (χ1n) is 10.4. The molecule has 0 saturated carbocycles. The number of anilines is 1. The minimum Gasteiger partial charge on any atom is -0.491 e. The molecule has 4 N–H and O–H groups in total. The number of amides is 2. The molecular weight excluding hydrogens is 412 g/mol. The van der Waals surface area contributed by atoms with Crippen molar-refractivity contribution >= 4 is 17.7 Å². The molecule has 0 radical (unpaired) electrons. The summed E-state index contributed by atoms with van der Waals surface area (Å²) in [5, 5.41) is 20.2. The lowest BCUT2D eigenvalue weighted by atomic mass is 9.93. The van der Waals surface area contributed by atoms with Gasteiger partial charge >= 0.3 is 6.09 Å². The number of aliphatic hydroxyl groups is 1. The molecule has 2 rings (SSSR count). The molecule has 0 fully saturated rings. The fourth-order valence-corrected chi connectivity index (χ4v) is 3.07. The minimum atomic E-state index is -0.596. The maximum atomic E-state index is 12.6. The van der Waals surface area contributed by atoms with Gasteiger partial charge in [-0.3, -0.25) is 15.3 Å². The lowest BCUT2D eigenvalue weighted by Crippen LogP contribution is -2.22. The van der Waals surface area contributed by atoms with Gasteiger partial charge in [-0.25, -0.2) is 10.3 Å². The smallest absolute Gasteiger partial charge is 0.412 e. The average Bonchev–Trinajstić information content (AvgIpc) is 2.80. The Morgan fingerprint density at radius 2 is 1.78 bits per heavy atom. The lowest BCUT2D eigenvalue weighted by molar-refractivity contribution is -0.124. The highest BCUT2D eigenvalue weighted by Gasteiger charge is 2.23. The van der Waals surface area contributed by atoms with Crippen molar-refractivity contribution < 1.29 is 29.4 Å². The molecular formula is C24H30N2O6. The van der Waals surface area contributed by atoms with Gasteiger partial charge in [-0.2, -0.15) is 0 Å². The van der Waals surface area contributed by atoms with Crippen molar-refractivity contribution in [2.24, 2.45) is 5.92 Å². The van der Waals surface area contributed by atoms with Crippen LogP contribution >= 0.6 is 0 Å². The summed E-state index contributed by atoms with van der Waals surface area (Å²) in [4.78, 5) is 23.7. The van der Waals surface area contributed by atoms with E-state index in [-0.39, 0.29) is 19.1 Å². The van der Waals surface area contributed by atoms with Crippen LogP contribution in [0.1, 0.15) is 37.0 Å². The molecule has 8 heteroatoms. The summed E-state index contributed by atoms with van der Waals surface area (Å²) < 4.78 is 11.2. The van der Waals surface area contributed by atoms with E-state index in [0.717, 1.165) is 11.1 Å². The highest BCUT2D eigenvalue weighted by atomic mass is 16.6. The number of aliphatic hydroxyl groups excluding tert-OH is 1. The number of carbonyl (C=O) groups is 2. The van der Waals surface area contributed by atoms with Crippen molar-refractivity contribution in [3.8, 4) is 5.75 Å². The van der Waals surface area contributed by atoms with Crippen LogP contribution in [-0.2, 0) is 9.53 Å². The predicted octanol–water partition coefficient (Wildman–Crippen LogP) is 4.13. The number of hydroxylamine groups is 1. The quantitative estimate of drug-likeness (QED) is 0.236. The van der Waals surface area contributed by atoms with E-state index in [0.29, 0.717) is 24.3 Å². The third kappa shape index (κ3) is 8.41. The molecule has 2 aromatic rings. The minimum absolute atomic E-state index is 0.0650. The zero-order chi connectivity index (χ0) is 23.3. The van der Waals surface area contributed by atoms with Crippen molar-refractivity contribution in [2.45, 2.75) is 32.8 Å². The monoisotopic (exact) mass is 442 g/mol. The van der Waals surface area contributed by atoms with Gasteiger partial charge in [0.05, 0.1) is 6.61 Å². The number of nitrogens with one attached hydrogen (secondary N) is 2. The van der Waals surface area contributed by atoms with Crippen LogP contribution in [0.5, 0.6) is 5.75 Å². The molecule has 0 aliphatic rings. The second kappa shape index (κ2) is 13.1. The van der Waals surface area contributed by atoms with Gasteiger partial charge in [-0.15, -0.1) is 0 Å². The molecule has 2 aromatic carbocycles. The van der Waals surface area contributed by atoms with E-state index in [1.165, 1.54) is 6.08 Å². The van der Waals surface area contributed by atoms with Crippen molar-refractivity contribution in [1.82, 2.24) is 5.48 Å². The van der Waals surface area contributed by atoms with E-state index >= 15 is 0 Å². The van der Waals surface area contributed by atoms with Crippen molar-refractivity contribution in [1.29, 1.82) is 0 Å². The molecule has 0 bridgehead atoms. The highest BCUT2D eigenvalue weighted by molar-refractivity contribution is 5.86. The number of hydrogen-bond donors (Lipinski definition) is 4. The maximum Gasteiger partial charge on any atom is 0.412 e. The lowest BCUT2D eigenvalue weighted by Gasteiger charge is -2.25. The van der Waals surface area contributed by atoms with E-state index in [9.17, 15) is 9.59 Å². The van der Waals surface area contributed by atoms with Gasteiger partial charge in [-0.05, 0) is 55.5 Å². The molecule has 2 amide bonds. The standard InChI is InChI=1S/C24H30N2O6/c1-17-7-11-20(12-8-17)25-24(29)32-23(18(2)5-3-4-6-22(28)26-30)19-9-13-21(14-10-19)31-16-15-27/h4,6-14,18,23,27,30H,3,5,15-16H2,1-2H3,(H,25,29)(H,26,28)/b6-4+/t18-,23+/m0/s1. The van der Waals surface area contributed by atoms with Gasteiger partial charge in [0, 0.05) is 11.8 Å². The molecule has 0 spiro atoms. The van der Waals surface area contributed by atoms with E-state index < -0.39 is 18.1 Å². The topological polar surface area (TPSA) is 117 Å². The molecule has 0 aliphatic heterocycles. The van der Waals surface area contributed by atoms with Crippen LogP contribution < -0.4 is 15.5 Å². The van der Waals surface area contributed by atoms with Crippen LogP contribution in [0.4, 0.5) is 10.5 Å². The van der Waals surface area contributed by atoms with Gasteiger partial charge in [0.1, 0.15) is 18.5 Å². The van der Waals surface area contributed by atoms with Crippen LogP contribution in [0.3, 0.4) is 0 Å². The molecule has 8 nitrogen and oxygen atoms in total. The van der Waals surface area contributed by atoms with Crippen LogP contribution in [0.15, 0.2) is 60.7 Å². The first-order chi connectivity index (χ1) is 15.4. The number of allylic oxidation sites excluding steroid dienone is 1. The Labute approximate surface area is 187 Å². The summed E-state index contributed by atoms with van der Waals surface area (Å²) >= 11 is 0. The molecule has 32 heavy (non-hydrogen) atoms. The Morgan fingerprint density at radius 3 is 2.41 bits per heavy atom. The first kappa shape index (κ1) is 24.9. The van der Waals surface area contributed by atoms with Gasteiger partial charge in [0.15, 0.2) is 0 Å². The maximum absolute atomic E-state index is 12.6. The zero-order valence-corrected chi connectivity index (χ0v) is 18.3. The summed E-state index contributed by atoms with van der Waals surface area (Å²) in [6.45, 7) is 4.04. The largest absolute Gasteiger partial charge is 0.491 e. The van der Waals surface area contributed by atoms with Crippen LogP contribution in [0.25, 0.3) is 0 Å². The molecule has 2 atom stereocenters. The van der Waals surface area contributed by atoms with E-state index in [4.69, 9.17) is 19.8 Å². The summed E-state index contributed by atoms with van der Waals surface area (Å²) in [6.07, 6.45) is 3.00. The van der Waals surface area contributed by atoms with E-state index in [1.807, 2.05) is 38.1 Å². The van der Waals surface area contributed by atoms with Crippen LogP contribution in [-0.4, -0.2) is 35.5 Å². The zero-order valence-electron chi connectivity index (χ0n) is 18.3. The highest BCUT2D eigenvalue weighted by Crippen LogP contribution is 2.31. The van der Waals surface area contributed by atoms with Gasteiger partial charge < -0.3 is 14.6 Å². The fraction of sp³-hybridized carbons (Fsp3) is 0.333. The number of hydrogen-bond acceptors (Lipinski definition) is 6. The van der Waals surface area contributed by atoms with Crippen LogP contribution in [0.2, 0.25) is 0 Å². The van der Waals surface area contributed by atoms with E-state index in [2.05, 4.69) is 5.32 Å². The Morgan fingerprint density at radius 1 is 1.09 bits per heavy atom. The van der Waals surface area contributed by atoms with Gasteiger partial charge in [-0.1, -0.05) is 42.8 Å². The van der Waals surface area contributed by atoms with Crippen molar-refractivity contribution in [3.63, 3.8) is 0 Å². The normalized spacial score (nSPS) is 12.8. The molecule has 0 aliphatic carbocycles. The third-order valence-electron chi connectivity index (χ3n) is 4.79. The number of benzene rings is 2. The number of ether oxygens (including phenoxy) is 2. The summed E-state index contributed by atoms with van der Waals surface area (Å²) in [6, 6.07) is 14.6. The Balaban J connectivity index is 2.10. The number of rotatable bonds is 11. The summed E-state index contributed by atoms with van der Waals surface area (Å²) in [5.74, 6) is -0.0533. The SMILES string of the molecule is Cc1ccc(NC(=O)O[C@@H](c2ccc(OCCO)cc2)[C@@H](C)CC/C=C/C(=O)NO)cc1. The Bertz CT molecular complexity index is 880. The molecule has 0 saturated heterocycles. The number of aryl methyl sites for hydroxylation is 1. The molecule has 172 valence electrons. The predicted molar refractivity (Wildman–Crippen MR) is 121 cm³/mol. The summed E-state index contributed by atoms with van der Waals surface area (Å²) in [5.41, 5.74) is 4.06. The Kier molecular flexibility index (Phi) is 10.2. The average molecular weight is 443 g/mol. The molecule has 0 aromatic heterocycles. The third-order valence-corrected chi connectivity index (χ3v) is 4.79. The Hall–Kier alpha value is -3.36. The fourth-order valence-electron chi connectivity index (χ4n) is 3.07. The molecule has 0 heterocycles. The first-order valence-corrected chi connectivity index (χ1v) is 10.4. The second-order valence-electron chi connectivity index (χ2n) is 7.39. The molecule has 0 unspecified atom stereocenters. The van der Waals surface area contributed by atoms with Gasteiger partial charge in [0.2, 0.25) is 0 Å². The van der Waals surface area contributed by atoms with Crippen LogP contribution in [0, 0.1) is 12.8 Å². The summed E-state index contributed by atoms with van der Waals surface area (Å²) in [7, 11) is 0. The van der Waals surface area contributed by atoms with Crippen molar-refractivity contribution in [2.75, 3.05) is 18.5 Å². The van der Waals surface area contributed by atoms with Gasteiger partial charge in [0.25, 0.3) is 5.91 Å². The second-order valence-corrected chi connectivity index (χ2v) is 7.39.